The van der Waals surface area contributed by atoms with Crippen molar-refractivity contribution in [2.24, 2.45) is 0 Å². The smallest absolute Gasteiger partial charge is 0.336 e. The minimum absolute atomic E-state index is 0.259. The molecule has 0 aliphatic carbocycles. The van der Waals surface area contributed by atoms with E-state index in [0.717, 1.165) is 22.6 Å². The summed E-state index contributed by atoms with van der Waals surface area (Å²) in [5.41, 5.74) is 2.89. The summed E-state index contributed by atoms with van der Waals surface area (Å²) in [6.45, 7) is 4.26. The maximum absolute atomic E-state index is 11.6. The number of aliphatic carboxylic acids is 1. The molecule has 3 heteroatoms. The summed E-state index contributed by atoms with van der Waals surface area (Å²) in [7, 11) is 0. The van der Waals surface area contributed by atoms with Crippen LogP contribution in [0.15, 0.2) is 78.9 Å². The molecule has 0 aromatic heterocycles. The second-order valence-electron chi connectivity index (χ2n) is 6.59. The molecule has 3 aromatic rings. The van der Waals surface area contributed by atoms with E-state index < -0.39 is 5.97 Å². The average molecular weight is 358 g/mol. The predicted octanol–water partition coefficient (Wildman–Crippen LogP) is 6.23. The van der Waals surface area contributed by atoms with Crippen molar-refractivity contribution in [3.05, 3.63) is 95.6 Å². The van der Waals surface area contributed by atoms with Crippen molar-refractivity contribution in [1.29, 1.82) is 0 Å². The summed E-state index contributed by atoms with van der Waals surface area (Å²) >= 11 is 0. The monoisotopic (exact) mass is 358 g/mol. The molecule has 0 aliphatic heterocycles. The van der Waals surface area contributed by atoms with Gasteiger partial charge in [-0.1, -0.05) is 74.5 Å². The molecule has 27 heavy (non-hydrogen) atoms. The first kappa shape index (κ1) is 18.5. The van der Waals surface area contributed by atoms with Gasteiger partial charge >= 0.3 is 5.97 Å². The van der Waals surface area contributed by atoms with Gasteiger partial charge in [-0.15, -0.1) is 0 Å². The predicted molar refractivity (Wildman–Crippen MR) is 109 cm³/mol. The minimum Gasteiger partial charge on any atom is -0.478 e. The highest BCUT2D eigenvalue weighted by Gasteiger charge is 2.11. The third-order valence-corrected chi connectivity index (χ3v) is 4.28. The third kappa shape index (κ3) is 4.64. The van der Waals surface area contributed by atoms with Gasteiger partial charge in [-0.2, -0.15) is 0 Å². The molecule has 0 saturated carbocycles. The lowest BCUT2D eigenvalue weighted by Crippen LogP contribution is -1.99. The largest absolute Gasteiger partial charge is 0.478 e. The highest BCUT2D eigenvalue weighted by molar-refractivity contribution is 6.20. The van der Waals surface area contributed by atoms with Crippen LogP contribution in [0.2, 0.25) is 0 Å². The van der Waals surface area contributed by atoms with Gasteiger partial charge in [-0.25, -0.2) is 4.79 Å². The van der Waals surface area contributed by atoms with E-state index >= 15 is 0 Å². The van der Waals surface area contributed by atoms with Gasteiger partial charge in [0.1, 0.15) is 11.5 Å². The van der Waals surface area contributed by atoms with Crippen molar-refractivity contribution in [2.45, 2.75) is 19.8 Å². The summed E-state index contributed by atoms with van der Waals surface area (Å²) < 4.78 is 6.03. The molecule has 0 fully saturated rings. The molecule has 1 N–H and O–H groups in total. The molecule has 0 amide bonds. The molecule has 3 nitrogen and oxygen atoms in total. The zero-order valence-electron chi connectivity index (χ0n) is 15.4. The Morgan fingerprint density at radius 2 is 1.52 bits per heavy atom. The minimum atomic E-state index is -0.951. The molecule has 0 unspecified atom stereocenters. The highest BCUT2D eigenvalue weighted by Crippen LogP contribution is 2.30. The topological polar surface area (TPSA) is 46.5 Å². The zero-order chi connectivity index (χ0) is 19.2. The van der Waals surface area contributed by atoms with Gasteiger partial charge in [0.25, 0.3) is 0 Å². The van der Waals surface area contributed by atoms with E-state index in [9.17, 15) is 9.90 Å². The van der Waals surface area contributed by atoms with Crippen molar-refractivity contribution >= 4 is 17.6 Å². The van der Waals surface area contributed by atoms with Gasteiger partial charge < -0.3 is 9.84 Å². The first-order valence-electron chi connectivity index (χ1n) is 8.92. The Labute approximate surface area is 159 Å². The fourth-order valence-electron chi connectivity index (χ4n) is 2.86. The number of carbonyl (C=O) groups is 1. The summed E-state index contributed by atoms with van der Waals surface area (Å²) in [6.07, 6.45) is 1.67. The molecule has 3 aromatic carbocycles. The van der Waals surface area contributed by atoms with Crippen molar-refractivity contribution < 1.29 is 14.6 Å². The molecule has 3 rings (SSSR count). The molecule has 0 heterocycles. The number of hydrogen-bond donors (Lipinski definition) is 1. The van der Waals surface area contributed by atoms with Crippen LogP contribution < -0.4 is 4.74 Å². The Hall–Kier alpha value is -3.33. The van der Waals surface area contributed by atoms with E-state index in [2.05, 4.69) is 19.9 Å². The Morgan fingerprint density at radius 3 is 2.15 bits per heavy atom. The molecule has 136 valence electrons. The molecular formula is C24H22O3. The fourth-order valence-corrected chi connectivity index (χ4v) is 2.86. The van der Waals surface area contributed by atoms with Crippen LogP contribution in [-0.4, -0.2) is 11.1 Å². The van der Waals surface area contributed by atoms with Gasteiger partial charge in [0.2, 0.25) is 0 Å². The Morgan fingerprint density at radius 1 is 0.889 bits per heavy atom. The molecule has 0 radical (unpaired) electrons. The summed E-state index contributed by atoms with van der Waals surface area (Å²) in [5.74, 6) is 0.975. The molecule has 0 bridgehead atoms. The second kappa shape index (κ2) is 8.37. The number of ether oxygens (including phenoxy) is 1. The van der Waals surface area contributed by atoms with Crippen molar-refractivity contribution in [3.8, 4) is 11.5 Å². The quantitative estimate of drug-likeness (QED) is 0.420. The fraction of sp³-hybridized carbons (Fsp3) is 0.125. The molecule has 0 aliphatic rings. The van der Waals surface area contributed by atoms with Crippen LogP contribution in [0, 0.1) is 0 Å². The van der Waals surface area contributed by atoms with Gasteiger partial charge in [-0.3, -0.25) is 0 Å². The lowest BCUT2D eigenvalue weighted by molar-refractivity contribution is -0.130. The highest BCUT2D eigenvalue weighted by atomic mass is 16.5. The SMILES string of the molecule is CC(C)c1ccccc1Oc1ccc(/C=C(/C(=O)O)c2ccccc2)cc1. The molecule has 0 atom stereocenters. The lowest BCUT2D eigenvalue weighted by atomic mass is 10.0. The lowest BCUT2D eigenvalue weighted by Gasteiger charge is -2.13. The first-order valence-corrected chi connectivity index (χ1v) is 8.92. The molecular weight excluding hydrogens is 336 g/mol. The van der Waals surface area contributed by atoms with E-state index in [1.54, 1.807) is 18.2 Å². The number of carboxylic acids is 1. The Balaban J connectivity index is 1.84. The second-order valence-corrected chi connectivity index (χ2v) is 6.59. The van der Waals surface area contributed by atoms with Crippen molar-refractivity contribution in [2.75, 3.05) is 0 Å². The molecule has 0 saturated heterocycles. The van der Waals surface area contributed by atoms with Crippen LogP contribution in [-0.2, 0) is 4.79 Å². The summed E-state index contributed by atoms with van der Waals surface area (Å²) in [4.78, 5) is 11.6. The van der Waals surface area contributed by atoms with Crippen molar-refractivity contribution in [3.63, 3.8) is 0 Å². The summed E-state index contributed by atoms with van der Waals surface area (Å²) in [5, 5.41) is 9.53. The number of para-hydroxylation sites is 1. The Kier molecular flexibility index (Phi) is 5.72. The number of rotatable bonds is 6. The standard InChI is InChI=1S/C24H22O3/c1-17(2)21-10-6-7-11-23(21)27-20-14-12-18(13-15-20)16-22(24(25)26)19-8-4-3-5-9-19/h3-17H,1-2H3,(H,25,26)/b22-16+. The van der Waals surface area contributed by atoms with E-state index in [1.807, 2.05) is 60.7 Å². The molecule has 0 spiro atoms. The number of benzene rings is 3. The van der Waals surface area contributed by atoms with Crippen molar-refractivity contribution in [1.82, 2.24) is 0 Å². The average Bonchev–Trinajstić information content (AvgIpc) is 2.68. The zero-order valence-corrected chi connectivity index (χ0v) is 15.4. The van der Waals surface area contributed by atoms with E-state index in [4.69, 9.17) is 4.74 Å². The van der Waals surface area contributed by atoms with Gasteiger partial charge in [0.05, 0.1) is 5.57 Å². The van der Waals surface area contributed by atoms with Crippen LogP contribution in [0.3, 0.4) is 0 Å². The van der Waals surface area contributed by atoms with Crippen LogP contribution in [0.25, 0.3) is 11.6 Å². The maximum atomic E-state index is 11.6. The first-order chi connectivity index (χ1) is 13.0. The summed E-state index contributed by atoms with van der Waals surface area (Å²) in [6, 6.07) is 24.5. The van der Waals surface area contributed by atoms with Crippen LogP contribution in [0.4, 0.5) is 0 Å². The van der Waals surface area contributed by atoms with Gasteiger partial charge in [-0.05, 0) is 46.9 Å². The van der Waals surface area contributed by atoms with Crippen LogP contribution in [0.5, 0.6) is 11.5 Å². The van der Waals surface area contributed by atoms with E-state index in [-0.39, 0.29) is 5.57 Å². The Bertz CT molecular complexity index is 939. The normalized spacial score (nSPS) is 11.4. The van der Waals surface area contributed by atoms with E-state index in [0.29, 0.717) is 11.5 Å². The number of carboxylic acid groups (broad SMARTS) is 1. The van der Waals surface area contributed by atoms with Gasteiger partial charge in [0, 0.05) is 0 Å². The van der Waals surface area contributed by atoms with Gasteiger partial charge in [0.15, 0.2) is 0 Å². The third-order valence-electron chi connectivity index (χ3n) is 4.28. The van der Waals surface area contributed by atoms with Crippen LogP contribution in [0.1, 0.15) is 36.5 Å². The maximum Gasteiger partial charge on any atom is 0.336 e. The van der Waals surface area contributed by atoms with Crippen LogP contribution >= 0.6 is 0 Å². The van der Waals surface area contributed by atoms with E-state index in [1.165, 1.54) is 0 Å². The number of hydrogen-bond acceptors (Lipinski definition) is 2.